The van der Waals surface area contributed by atoms with Crippen LogP contribution in [0.5, 0.6) is 0 Å². The van der Waals surface area contributed by atoms with Crippen LogP contribution in [0.1, 0.15) is 38.2 Å². The van der Waals surface area contributed by atoms with E-state index in [1.807, 2.05) is 23.1 Å². The van der Waals surface area contributed by atoms with Crippen molar-refractivity contribution in [1.29, 1.82) is 0 Å². The van der Waals surface area contributed by atoms with Crippen LogP contribution >= 0.6 is 0 Å². The van der Waals surface area contributed by atoms with Gasteiger partial charge in [0.25, 0.3) is 0 Å². The molecule has 4 heteroatoms. The van der Waals surface area contributed by atoms with Crippen molar-refractivity contribution in [3.8, 4) is 0 Å². The molecule has 1 heterocycles. The van der Waals surface area contributed by atoms with Gasteiger partial charge in [0.05, 0.1) is 6.04 Å². The molecule has 0 aromatic heterocycles. The predicted molar refractivity (Wildman–Crippen MR) is 82.2 cm³/mol. The molecule has 1 aliphatic heterocycles. The van der Waals surface area contributed by atoms with Crippen molar-refractivity contribution in [2.45, 2.75) is 38.6 Å². The van der Waals surface area contributed by atoms with Crippen LogP contribution in [0, 0.1) is 11.8 Å². The van der Waals surface area contributed by atoms with Crippen molar-refractivity contribution in [3.63, 3.8) is 0 Å². The molecule has 3 aliphatic carbocycles. The topological polar surface area (TPSA) is 46.6 Å². The van der Waals surface area contributed by atoms with Gasteiger partial charge in [0.2, 0.25) is 5.91 Å². The Labute approximate surface area is 129 Å². The second-order valence-electron chi connectivity index (χ2n) is 6.47. The standard InChI is InChI=1S/C18H19NO3/c1-10(20)19-15-6-4-3-5-13(15)17-14-8-7-12(18(17)19)9-16(14)22-11(2)21/h3-6,9,12,14,17-18H,7-8H2,1-2H3/t12-,14+,17?,18?/m0/s1. The molecule has 1 aromatic rings. The second-order valence-corrected chi connectivity index (χ2v) is 6.47. The third kappa shape index (κ3) is 1.76. The molecule has 2 unspecified atom stereocenters. The van der Waals surface area contributed by atoms with Gasteiger partial charge in [0.1, 0.15) is 5.76 Å². The quantitative estimate of drug-likeness (QED) is 0.749. The Kier molecular flexibility index (Phi) is 2.90. The van der Waals surface area contributed by atoms with E-state index in [0.717, 1.165) is 24.3 Å². The summed E-state index contributed by atoms with van der Waals surface area (Å²) in [6.45, 7) is 3.09. The minimum Gasteiger partial charge on any atom is -0.431 e. The Morgan fingerprint density at radius 1 is 1.18 bits per heavy atom. The molecule has 2 bridgehead atoms. The van der Waals surface area contributed by atoms with E-state index in [4.69, 9.17) is 4.74 Å². The molecule has 22 heavy (non-hydrogen) atoms. The largest absolute Gasteiger partial charge is 0.431 e. The second kappa shape index (κ2) is 4.70. The number of para-hydroxylation sites is 1. The van der Waals surface area contributed by atoms with Crippen molar-refractivity contribution in [2.75, 3.05) is 4.90 Å². The highest BCUT2D eigenvalue weighted by atomic mass is 16.5. The molecule has 4 aliphatic rings. The number of hydrogen-bond acceptors (Lipinski definition) is 3. The van der Waals surface area contributed by atoms with Crippen molar-refractivity contribution < 1.29 is 14.3 Å². The van der Waals surface area contributed by atoms with E-state index in [1.54, 1.807) is 6.92 Å². The van der Waals surface area contributed by atoms with Crippen LogP contribution in [0.15, 0.2) is 36.1 Å². The van der Waals surface area contributed by atoms with E-state index >= 15 is 0 Å². The summed E-state index contributed by atoms with van der Waals surface area (Å²) in [5, 5.41) is 0. The molecule has 5 rings (SSSR count). The molecular weight excluding hydrogens is 278 g/mol. The first-order valence-corrected chi connectivity index (χ1v) is 7.87. The number of ether oxygens (including phenoxy) is 1. The van der Waals surface area contributed by atoms with E-state index in [9.17, 15) is 9.59 Å². The molecule has 114 valence electrons. The number of anilines is 1. The smallest absolute Gasteiger partial charge is 0.307 e. The minimum atomic E-state index is -0.259. The van der Waals surface area contributed by atoms with Gasteiger partial charge in [0.15, 0.2) is 0 Å². The van der Waals surface area contributed by atoms with Gasteiger partial charge in [0, 0.05) is 37.3 Å². The fourth-order valence-electron chi connectivity index (χ4n) is 4.62. The molecule has 1 fully saturated rings. The summed E-state index contributed by atoms with van der Waals surface area (Å²) in [5.41, 5.74) is 2.24. The van der Waals surface area contributed by atoms with Gasteiger partial charge < -0.3 is 9.64 Å². The van der Waals surface area contributed by atoms with Gasteiger partial charge in [-0.05, 0) is 30.5 Å². The fraction of sp³-hybridized carbons (Fsp3) is 0.444. The van der Waals surface area contributed by atoms with Gasteiger partial charge in [-0.2, -0.15) is 0 Å². The zero-order valence-electron chi connectivity index (χ0n) is 12.8. The number of allylic oxidation sites excluding steroid dienone is 1. The van der Waals surface area contributed by atoms with E-state index < -0.39 is 0 Å². The number of fused-ring (bicyclic) bond motifs is 2. The maximum atomic E-state index is 12.2. The Balaban J connectivity index is 1.83. The van der Waals surface area contributed by atoms with Crippen LogP contribution < -0.4 is 4.90 Å². The van der Waals surface area contributed by atoms with Gasteiger partial charge in [-0.15, -0.1) is 0 Å². The van der Waals surface area contributed by atoms with Crippen LogP contribution in [-0.2, 0) is 14.3 Å². The Morgan fingerprint density at radius 3 is 2.68 bits per heavy atom. The molecule has 0 radical (unpaired) electrons. The highest BCUT2D eigenvalue weighted by Crippen LogP contribution is 2.57. The summed E-state index contributed by atoms with van der Waals surface area (Å²) in [4.78, 5) is 25.5. The molecule has 1 amide bonds. The van der Waals surface area contributed by atoms with Crippen LogP contribution in [0.3, 0.4) is 0 Å². The van der Waals surface area contributed by atoms with Gasteiger partial charge in [-0.1, -0.05) is 18.2 Å². The van der Waals surface area contributed by atoms with Crippen molar-refractivity contribution >= 4 is 17.6 Å². The Bertz CT molecular complexity index is 693. The van der Waals surface area contributed by atoms with Crippen molar-refractivity contribution in [3.05, 3.63) is 41.7 Å². The van der Waals surface area contributed by atoms with Crippen LogP contribution in [-0.4, -0.2) is 17.9 Å². The molecular formula is C18H19NO3. The van der Waals surface area contributed by atoms with Crippen molar-refractivity contribution in [1.82, 2.24) is 0 Å². The summed E-state index contributed by atoms with van der Waals surface area (Å²) >= 11 is 0. The maximum Gasteiger partial charge on any atom is 0.307 e. The predicted octanol–water partition coefficient (Wildman–Crippen LogP) is 2.99. The highest BCUT2D eigenvalue weighted by Gasteiger charge is 2.54. The third-order valence-corrected chi connectivity index (χ3v) is 5.25. The normalized spacial score (nSPS) is 31.4. The first kappa shape index (κ1) is 13.6. The fourth-order valence-corrected chi connectivity index (χ4v) is 4.62. The molecule has 0 N–H and O–H groups in total. The lowest BCUT2D eigenvalue weighted by atomic mass is 9.64. The first-order chi connectivity index (χ1) is 10.6. The van der Waals surface area contributed by atoms with Crippen LogP contribution in [0.25, 0.3) is 0 Å². The molecule has 4 atom stereocenters. The number of rotatable bonds is 1. The summed E-state index contributed by atoms with van der Waals surface area (Å²) in [6.07, 6.45) is 4.15. The zero-order chi connectivity index (χ0) is 15.4. The lowest BCUT2D eigenvalue weighted by Crippen LogP contribution is -2.49. The lowest BCUT2D eigenvalue weighted by molar-refractivity contribution is -0.138. The summed E-state index contributed by atoms with van der Waals surface area (Å²) in [6, 6.07) is 8.32. The molecule has 1 saturated carbocycles. The van der Waals surface area contributed by atoms with E-state index in [2.05, 4.69) is 12.1 Å². The molecule has 0 saturated heterocycles. The number of amides is 1. The number of benzene rings is 1. The SMILES string of the molecule is CC(=O)OC1=C[C@@H]2CC[C@H]1C1c3ccccc3N(C(C)=O)C12. The molecule has 0 spiro atoms. The molecule has 4 nitrogen and oxygen atoms in total. The Morgan fingerprint density at radius 2 is 1.95 bits per heavy atom. The number of carbonyl (C=O) groups is 2. The monoisotopic (exact) mass is 297 g/mol. The summed E-state index contributed by atoms with van der Waals surface area (Å²) in [7, 11) is 0. The van der Waals surface area contributed by atoms with E-state index in [0.29, 0.717) is 0 Å². The number of hydrogen-bond donors (Lipinski definition) is 0. The number of esters is 1. The minimum absolute atomic E-state index is 0.0925. The average Bonchev–Trinajstić information content (AvgIpc) is 2.84. The number of nitrogens with zero attached hydrogens (tertiary/aromatic N) is 1. The zero-order valence-corrected chi connectivity index (χ0v) is 12.8. The van der Waals surface area contributed by atoms with Gasteiger partial charge >= 0.3 is 5.97 Å². The summed E-state index contributed by atoms with van der Waals surface area (Å²) in [5.74, 6) is 1.36. The third-order valence-electron chi connectivity index (χ3n) is 5.25. The van der Waals surface area contributed by atoms with Crippen LogP contribution in [0.2, 0.25) is 0 Å². The summed E-state index contributed by atoms with van der Waals surface area (Å²) < 4.78 is 5.46. The van der Waals surface area contributed by atoms with Gasteiger partial charge in [-0.3, -0.25) is 9.59 Å². The maximum absolute atomic E-state index is 12.2. The van der Waals surface area contributed by atoms with Gasteiger partial charge in [-0.25, -0.2) is 0 Å². The average molecular weight is 297 g/mol. The van der Waals surface area contributed by atoms with E-state index in [1.165, 1.54) is 12.5 Å². The lowest BCUT2D eigenvalue weighted by Gasteiger charge is -2.46. The van der Waals surface area contributed by atoms with E-state index in [-0.39, 0.29) is 35.7 Å². The van der Waals surface area contributed by atoms with Crippen molar-refractivity contribution in [2.24, 2.45) is 11.8 Å². The highest BCUT2D eigenvalue weighted by molar-refractivity contribution is 5.95. The first-order valence-electron chi connectivity index (χ1n) is 7.87. The number of carbonyl (C=O) groups excluding carboxylic acids is 2. The molecule has 1 aromatic carbocycles. The van der Waals surface area contributed by atoms with Crippen LogP contribution in [0.4, 0.5) is 5.69 Å². The Hall–Kier alpha value is -2.10.